The third-order valence-electron chi connectivity index (χ3n) is 3.79. The summed E-state index contributed by atoms with van der Waals surface area (Å²) in [6.07, 6.45) is 0. The Morgan fingerprint density at radius 1 is 1.24 bits per heavy atom. The zero-order valence-corrected chi connectivity index (χ0v) is 16.3. The average molecular weight is 428 g/mol. The molecule has 144 valence electrons. The molecule has 3 aromatic rings. The topological polar surface area (TPSA) is 117 Å². The molecule has 1 amide bonds. The first-order chi connectivity index (χ1) is 13.9. The standard InChI is InChI=1S/C19H11F2N5OS2/c20-10-3-4-13(21)14(6-10)25-16(27)9-29-19-12(8-23)17(15-2-1-5-28-15)11(7-22)18(24)26-19/h1-6H,9H2,(H2,24,26)(H,25,27)/p+1. The Morgan fingerprint density at radius 3 is 2.66 bits per heavy atom. The monoisotopic (exact) mass is 428 g/mol. The Labute approximate surface area is 172 Å². The number of carbonyl (C=O) groups is 1. The van der Waals surface area contributed by atoms with E-state index in [0.717, 1.165) is 30.0 Å². The number of hydrogen-bond donors (Lipinski definition) is 2. The van der Waals surface area contributed by atoms with Crippen molar-refractivity contribution in [1.29, 1.82) is 10.5 Å². The SMILES string of the molecule is N#Cc1c(N)[nH+]c(SCC(=O)Nc2cc(F)ccc2F)c(C#N)c1-c1cccs1. The number of anilines is 2. The second-order valence-electron chi connectivity index (χ2n) is 5.65. The molecule has 0 aliphatic heterocycles. The number of aromatic amines is 1. The molecule has 4 N–H and O–H groups in total. The predicted molar refractivity (Wildman–Crippen MR) is 106 cm³/mol. The van der Waals surface area contributed by atoms with Gasteiger partial charge in [-0.15, -0.1) is 11.3 Å². The minimum absolute atomic E-state index is 0.0639. The maximum Gasteiger partial charge on any atom is 0.289 e. The number of nitrogens with two attached hydrogens (primary N) is 1. The van der Waals surface area contributed by atoms with Gasteiger partial charge in [0.1, 0.15) is 29.3 Å². The van der Waals surface area contributed by atoms with Gasteiger partial charge in [-0.05, 0) is 23.6 Å². The number of halogens is 2. The summed E-state index contributed by atoms with van der Waals surface area (Å²) in [6, 6.07) is 10.3. The van der Waals surface area contributed by atoms with Crippen LogP contribution in [-0.4, -0.2) is 11.7 Å². The van der Waals surface area contributed by atoms with Crippen molar-refractivity contribution in [3.05, 3.63) is 58.5 Å². The smallest absolute Gasteiger partial charge is 0.289 e. The Bertz CT molecular complexity index is 1170. The van der Waals surface area contributed by atoms with E-state index >= 15 is 0 Å². The molecule has 0 unspecified atom stereocenters. The van der Waals surface area contributed by atoms with Crippen molar-refractivity contribution >= 4 is 40.5 Å². The highest BCUT2D eigenvalue weighted by Gasteiger charge is 2.25. The molecule has 0 spiro atoms. The van der Waals surface area contributed by atoms with Crippen LogP contribution in [0.4, 0.5) is 20.3 Å². The van der Waals surface area contributed by atoms with Crippen LogP contribution in [0.25, 0.3) is 10.4 Å². The molecular formula is C19H12F2N5OS2+. The van der Waals surface area contributed by atoms with E-state index < -0.39 is 17.5 Å². The Morgan fingerprint density at radius 2 is 2.00 bits per heavy atom. The summed E-state index contributed by atoms with van der Waals surface area (Å²) < 4.78 is 26.9. The van der Waals surface area contributed by atoms with Gasteiger partial charge in [0.25, 0.3) is 5.82 Å². The van der Waals surface area contributed by atoms with Crippen LogP contribution in [0.3, 0.4) is 0 Å². The van der Waals surface area contributed by atoms with Gasteiger partial charge in [0, 0.05) is 16.5 Å². The normalized spacial score (nSPS) is 10.2. The number of nitriles is 2. The number of rotatable bonds is 5. The first kappa shape index (κ1) is 20.3. The average Bonchev–Trinajstić information content (AvgIpc) is 3.23. The van der Waals surface area contributed by atoms with Crippen molar-refractivity contribution in [2.75, 3.05) is 16.8 Å². The lowest BCUT2D eigenvalue weighted by Gasteiger charge is -2.09. The molecule has 0 bridgehead atoms. The first-order valence-corrected chi connectivity index (χ1v) is 9.91. The van der Waals surface area contributed by atoms with E-state index in [2.05, 4.69) is 16.4 Å². The van der Waals surface area contributed by atoms with Crippen LogP contribution in [-0.2, 0) is 4.79 Å². The van der Waals surface area contributed by atoms with E-state index in [1.54, 1.807) is 17.5 Å². The molecule has 29 heavy (non-hydrogen) atoms. The fourth-order valence-corrected chi connectivity index (χ4v) is 4.14. The number of amides is 1. The van der Waals surface area contributed by atoms with E-state index in [0.29, 0.717) is 15.5 Å². The summed E-state index contributed by atoms with van der Waals surface area (Å²) in [5, 5.41) is 23.5. The van der Waals surface area contributed by atoms with Crippen molar-refractivity contribution in [3.8, 4) is 22.6 Å². The fourth-order valence-electron chi connectivity index (χ4n) is 2.54. The van der Waals surface area contributed by atoms with Crippen LogP contribution < -0.4 is 16.0 Å². The molecule has 0 aliphatic rings. The summed E-state index contributed by atoms with van der Waals surface area (Å²) >= 11 is 2.31. The lowest BCUT2D eigenvalue weighted by Crippen LogP contribution is -2.21. The molecule has 1 aromatic carbocycles. The summed E-state index contributed by atoms with van der Waals surface area (Å²) in [7, 11) is 0. The largest absolute Gasteiger partial charge is 0.323 e. The van der Waals surface area contributed by atoms with Crippen molar-refractivity contribution in [2.45, 2.75) is 5.03 Å². The number of hydrogen-bond acceptors (Lipinski definition) is 6. The molecule has 10 heteroatoms. The fraction of sp³-hybridized carbons (Fsp3) is 0.0526. The van der Waals surface area contributed by atoms with Crippen LogP contribution in [0.5, 0.6) is 0 Å². The van der Waals surface area contributed by atoms with Crippen LogP contribution in [0.2, 0.25) is 0 Å². The van der Waals surface area contributed by atoms with E-state index in [1.807, 2.05) is 6.07 Å². The molecule has 6 nitrogen and oxygen atoms in total. The highest BCUT2D eigenvalue weighted by molar-refractivity contribution is 7.99. The van der Waals surface area contributed by atoms with Gasteiger partial charge in [0.05, 0.1) is 11.4 Å². The van der Waals surface area contributed by atoms with E-state index in [4.69, 9.17) is 5.73 Å². The Hall–Kier alpha value is -3.47. The van der Waals surface area contributed by atoms with Crippen LogP contribution in [0.15, 0.2) is 40.7 Å². The van der Waals surface area contributed by atoms with Crippen molar-refractivity contribution in [1.82, 2.24) is 0 Å². The number of benzene rings is 1. The number of nitrogen functional groups attached to an aromatic ring is 1. The highest BCUT2D eigenvalue weighted by Crippen LogP contribution is 2.35. The van der Waals surface area contributed by atoms with Gasteiger partial charge in [-0.25, -0.2) is 13.8 Å². The van der Waals surface area contributed by atoms with E-state index in [-0.39, 0.29) is 28.4 Å². The van der Waals surface area contributed by atoms with Crippen LogP contribution >= 0.6 is 23.1 Å². The number of thiophene rings is 1. The zero-order chi connectivity index (χ0) is 21.0. The number of pyridine rings is 1. The number of aromatic nitrogens is 1. The van der Waals surface area contributed by atoms with Crippen molar-refractivity contribution in [3.63, 3.8) is 0 Å². The molecule has 0 aliphatic carbocycles. The number of H-pyrrole nitrogens is 1. The third-order valence-corrected chi connectivity index (χ3v) is 5.67. The quantitative estimate of drug-likeness (QED) is 0.603. The van der Waals surface area contributed by atoms with Crippen LogP contribution in [0, 0.1) is 34.3 Å². The Kier molecular flexibility index (Phi) is 6.07. The minimum Gasteiger partial charge on any atom is -0.323 e. The molecule has 0 radical (unpaired) electrons. The molecular weight excluding hydrogens is 416 g/mol. The van der Waals surface area contributed by atoms with Gasteiger partial charge in [-0.3, -0.25) is 10.5 Å². The van der Waals surface area contributed by atoms with Crippen molar-refractivity contribution in [2.24, 2.45) is 0 Å². The van der Waals surface area contributed by atoms with E-state index in [9.17, 15) is 24.1 Å². The Balaban J connectivity index is 1.88. The molecule has 0 saturated carbocycles. The van der Waals surface area contributed by atoms with Crippen LogP contribution in [0.1, 0.15) is 11.1 Å². The minimum atomic E-state index is -0.767. The van der Waals surface area contributed by atoms with Crippen molar-refractivity contribution < 1.29 is 18.6 Å². The first-order valence-electron chi connectivity index (χ1n) is 8.05. The van der Waals surface area contributed by atoms with Gasteiger partial charge >= 0.3 is 0 Å². The third kappa shape index (κ3) is 4.35. The van der Waals surface area contributed by atoms with Gasteiger partial charge < -0.3 is 5.32 Å². The lowest BCUT2D eigenvalue weighted by atomic mass is 10.0. The summed E-state index contributed by atoms with van der Waals surface area (Å²) in [4.78, 5) is 15.6. The lowest BCUT2D eigenvalue weighted by molar-refractivity contribution is -0.410. The molecule has 2 heterocycles. The van der Waals surface area contributed by atoms with E-state index in [1.165, 1.54) is 11.3 Å². The molecule has 0 fully saturated rings. The zero-order valence-electron chi connectivity index (χ0n) is 14.6. The maximum atomic E-state index is 13.7. The highest BCUT2D eigenvalue weighted by atomic mass is 32.2. The van der Waals surface area contributed by atoms with Gasteiger partial charge in [0.15, 0.2) is 10.6 Å². The predicted octanol–water partition coefficient (Wildman–Crippen LogP) is 3.56. The summed E-state index contributed by atoms with van der Waals surface area (Å²) in [5.41, 5.74) is 6.36. The molecule has 3 rings (SSSR count). The van der Waals surface area contributed by atoms with Gasteiger partial charge in [-0.1, -0.05) is 17.8 Å². The van der Waals surface area contributed by atoms with Gasteiger partial charge in [-0.2, -0.15) is 10.5 Å². The number of nitrogens with one attached hydrogen (secondary N) is 2. The second-order valence-corrected chi connectivity index (χ2v) is 7.59. The second kappa shape index (κ2) is 8.69. The summed E-state index contributed by atoms with van der Waals surface area (Å²) in [5.74, 6) is -2.19. The number of thioether (sulfide) groups is 1. The molecule has 2 aromatic heterocycles. The maximum absolute atomic E-state index is 13.7. The summed E-state index contributed by atoms with van der Waals surface area (Å²) in [6.45, 7) is 0. The molecule has 0 saturated heterocycles. The number of carbonyl (C=O) groups excluding carboxylic acids is 1. The number of nitrogens with zero attached hydrogens (tertiary/aromatic N) is 2. The molecule has 0 atom stereocenters. The van der Waals surface area contributed by atoms with Gasteiger partial charge in [0.2, 0.25) is 5.91 Å².